The van der Waals surface area contributed by atoms with E-state index in [9.17, 15) is 31.1 Å². The van der Waals surface area contributed by atoms with Crippen LogP contribution in [0, 0.1) is 5.41 Å². The van der Waals surface area contributed by atoms with Crippen LogP contribution in [0.15, 0.2) is 24.3 Å². The molecule has 1 unspecified atom stereocenters. The molecular weight excluding hydrogens is 402 g/mol. The number of alkyl halides is 6. The van der Waals surface area contributed by atoms with E-state index < -0.39 is 35.3 Å². The molecule has 0 fully saturated rings. The summed E-state index contributed by atoms with van der Waals surface area (Å²) in [5.41, 5.74) is -7.16. The third-order valence-corrected chi connectivity index (χ3v) is 4.54. The highest BCUT2D eigenvalue weighted by Crippen LogP contribution is 2.53. The Morgan fingerprint density at radius 2 is 1.21 bits per heavy atom. The molecule has 0 saturated heterocycles. The summed E-state index contributed by atoms with van der Waals surface area (Å²) in [7, 11) is 0. The monoisotopic (exact) mass is 428 g/mol. The van der Waals surface area contributed by atoms with Crippen LogP contribution in [0.1, 0.15) is 65.5 Å². The van der Waals surface area contributed by atoms with Gasteiger partial charge in [0.2, 0.25) is 0 Å². The van der Waals surface area contributed by atoms with Gasteiger partial charge in [-0.2, -0.15) is 26.3 Å². The molecule has 0 heterocycles. The van der Waals surface area contributed by atoms with E-state index in [0.717, 1.165) is 0 Å². The Labute approximate surface area is 166 Å². The van der Waals surface area contributed by atoms with Crippen molar-refractivity contribution >= 4 is 6.16 Å². The maximum Gasteiger partial charge on any atom is 0.510 e. The van der Waals surface area contributed by atoms with Gasteiger partial charge in [-0.25, -0.2) is 4.79 Å². The SMILES string of the molecule is CC(c1ccc(C(OC(=O)OC(C)(C)C)(C(F)(F)F)C(F)(F)F)cc1)C(C)(C)C. The summed E-state index contributed by atoms with van der Waals surface area (Å²) >= 11 is 0. The van der Waals surface area contributed by atoms with Crippen molar-refractivity contribution in [2.45, 2.75) is 77.9 Å². The quantitative estimate of drug-likeness (QED) is 0.380. The number of benzene rings is 1. The largest absolute Gasteiger partial charge is 0.510 e. The number of rotatable bonds is 3. The lowest BCUT2D eigenvalue weighted by atomic mass is 9.77. The normalized spacial score (nSPS) is 15.1. The van der Waals surface area contributed by atoms with Gasteiger partial charge in [0.25, 0.3) is 0 Å². The molecule has 166 valence electrons. The molecule has 1 aromatic rings. The summed E-state index contributed by atoms with van der Waals surface area (Å²) in [4.78, 5) is 11.8. The maximum atomic E-state index is 13.7. The van der Waals surface area contributed by atoms with Crippen molar-refractivity contribution < 1.29 is 40.6 Å². The van der Waals surface area contributed by atoms with Gasteiger partial charge in [0.05, 0.1) is 0 Å². The Kier molecular flexibility index (Phi) is 6.68. The number of hydrogen-bond donors (Lipinski definition) is 0. The standard InChI is InChI=1S/C20H26F6O3/c1-12(16(2,3)4)13-8-10-14(11-9-13)18(19(21,22)23,20(24,25)26)29-15(27)28-17(5,6)7/h8-12H,1-7H3. The molecule has 0 N–H and O–H groups in total. The fraction of sp³-hybridized carbons (Fsp3) is 0.650. The minimum absolute atomic E-state index is 0.144. The van der Waals surface area contributed by atoms with Crippen molar-refractivity contribution in [1.82, 2.24) is 0 Å². The Bertz CT molecular complexity index is 692. The van der Waals surface area contributed by atoms with E-state index in [1.165, 1.54) is 32.9 Å². The minimum atomic E-state index is -5.97. The number of hydrogen-bond acceptors (Lipinski definition) is 3. The van der Waals surface area contributed by atoms with Crippen LogP contribution in [-0.4, -0.2) is 24.1 Å². The zero-order valence-electron chi connectivity index (χ0n) is 17.4. The number of carbonyl (C=O) groups is 1. The highest BCUT2D eigenvalue weighted by Gasteiger charge is 2.75. The third-order valence-electron chi connectivity index (χ3n) is 4.54. The van der Waals surface area contributed by atoms with Gasteiger partial charge in [-0.3, -0.25) is 0 Å². The molecule has 0 spiro atoms. The van der Waals surface area contributed by atoms with Gasteiger partial charge in [-0.1, -0.05) is 52.0 Å². The molecular formula is C20H26F6O3. The summed E-state index contributed by atoms with van der Waals surface area (Å²) in [6.07, 6.45) is -14.0. The zero-order valence-corrected chi connectivity index (χ0v) is 17.4. The molecule has 0 radical (unpaired) electrons. The number of halogens is 6. The molecule has 9 heteroatoms. The molecule has 1 atom stereocenters. The Morgan fingerprint density at radius 1 is 0.793 bits per heavy atom. The van der Waals surface area contributed by atoms with Crippen molar-refractivity contribution in [1.29, 1.82) is 0 Å². The van der Waals surface area contributed by atoms with Crippen LogP contribution in [0.4, 0.5) is 31.1 Å². The van der Waals surface area contributed by atoms with Gasteiger partial charge in [0, 0.05) is 5.56 Å². The average Bonchev–Trinajstić information content (AvgIpc) is 2.47. The highest BCUT2D eigenvalue weighted by molar-refractivity contribution is 5.62. The minimum Gasteiger partial charge on any atom is -0.429 e. The number of ether oxygens (including phenoxy) is 2. The van der Waals surface area contributed by atoms with Crippen LogP contribution in [0.5, 0.6) is 0 Å². The third kappa shape index (κ3) is 5.57. The second-order valence-electron chi connectivity index (χ2n) is 8.95. The first kappa shape index (κ1) is 25.1. The molecule has 0 aliphatic carbocycles. The van der Waals surface area contributed by atoms with Crippen LogP contribution in [0.25, 0.3) is 0 Å². The molecule has 1 aromatic carbocycles. The van der Waals surface area contributed by atoms with Crippen molar-refractivity contribution in [3.63, 3.8) is 0 Å². The topological polar surface area (TPSA) is 35.5 Å². The fourth-order valence-corrected chi connectivity index (χ4v) is 2.57. The molecule has 3 nitrogen and oxygen atoms in total. The van der Waals surface area contributed by atoms with Crippen molar-refractivity contribution in [2.75, 3.05) is 0 Å². The summed E-state index contributed by atoms with van der Waals surface area (Å²) in [6, 6.07) is 3.72. The molecule has 1 rings (SSSR count). The first-order chi connectivity index (χ1) is 12.7. The summed E-state index contributed by atoms with van der Waals surface area (Å²) in [5, 5.41) is 0. The summed E-state index contributed by atoms with van der Waals surface area (Å²) in [5.74, 6) is -0.144. The van der Waals surface area contributed by atoms with E-state index in [4.69, 9.17) is 0 Å². The van der Waals surface area contributed by atoms with Gasteiger partial charge < -0.3 is 9.47 Å². The van der Waals surface area contributed by atoms with E-state index in [1.807, 2.05) is 27.7 Å². The predicted octanol–water partition coefficient (Wildman–Crippen LogP) is 7.11. The molecule has 0 amide bonds. The van der Waals surface area contributed by atoms with Crippen LogP contribution in [0.3, 0.4) is 0 Å². The first-order valence-electron chi connectivity index (χ1n) is 8.88. The lowest BCUT2D eigenvalue weighted by molar-refractivity contribution is -0.377. The van der Waals surface area contributed by atoms with Gasteiger partial charge in [-0.15, -0.1) is 0 Å². The Morgan fingerprint density at radius 3 is 1.52 bits per heavy atom. The van der Waals surface area contributed by atoms with Crippen molar-refractivity contribution in [2.24, 2.45) is 5.41 Å². The van der Waals surface area contributed by atoms with Crippen LogP contribution in [0.2, 0.25) is 0 Å². The summed E-state index contributed by atoms with van der Waals surface area (Å²) in [6.45, 7) is 11.4. The van der Waals surface area contributed by atoms with Crippen LogP contribution >= 0.6 is 0 Å². The molecule has 0 aliphatic rings. The molecule has 0 bridgehead atoms. The van der Waals surface area contributed by atoms with Gasteiger partial charge in [-0.05, 0) is 37.7 Å². The van der Waals surface area contributed by atoms with E-state index in [2.05, 4.69) is 9.47 Å². The van der Waals surface area contributed by atoms with Gasteiger partial charge in [0.15, 0.2) is 0 Å². The summed E-state index contributed by atoms with van der Waals surface area (Å²) < 4.78 is 91.0. The lowest BCUT2D eigenvalue weighted by Crippen LogP contribution is -2.57. The second kappa shape index (κ2) is 7.72. The van der Waals surface area contributed by atoms with E-state index >= 15 is 0 Å². The molecule has 0 aliphatic heterocycles. The second-order valence-corrected chi connectivity index (χ2v) is 8.95. The van der Waals surface area contributed by atoms with E-state index in [0.29, 0.717) is 17.7 Å². The van der Waals surface area contributed by atoms with Crippen LogP contribution in [-0.2, 0) is 15.1 Å². The fourth-order valence-electron chi connectivity index (χ4n) is 2.57. The maximum absolute atomic E-state index is 13.7. The zero-order chi connectivity index (χ0) is 23.1. The van der Waals surface area contributed by atoms with E-state index in [1.54, 1.807) is 0 Å². The number of carbonyl (C=O) groups excluding carboxylic acids is 1. The highest BCUT2D eigenvalue weighted by atomic mass is 19.4. The van der Waals surface area contributed by atoms with Gasteiger partial charge >= 0.3 is 24.1 Å². The van der Waals surface area contributed by atoms with Gasteiger partial charge in [0.1, 0.15) is 5.60 Å². The molecule has 0 saturated carbocycles. The smallest absolute Gasteiger partial charge is 0.429 e. The Hall–Kier alpha value is -1.93. The Balaban J connectivity index is 3.55. The van der Waals surface area contributed by atoms with Crippen molar-refractivity contribution in [3.05, 3.63) is 35.4 Å². The molecule has 0 aromatic heterocycles. The lowest BCUT2D eigenvalue weighted by Gasteiger charge is -2.37. The van der Waals surface area contributed by atoms with Crippen LogP contribution < -0.4 is 0 Å². The van der Waals surface area contributed by atoms with Crippen molar-refractivity contribution in [3.8, 4) is 0 Å². The average molecular weight is 428 g/mol. The molecule has 29 heavy (non-hydrogen) atoms. The van der Waals surface area contributed by atoms with E-state index in [-0.39, 0.29) is 11.3 Å². The first-order valence-corrected chi connectivity index (χ1v) is 8.88. The predicted molar refractivity (Wildman–Crippen MR) is 95.4 cm³/mol.